The smallest absolute Gasteiger partial charge is 0.170 e. The van der Waals surface area contributed by atoms with Gasteiger partial charge in [0.1, 0.15) is 0 Å². The number of thiocarbonyl (C=S) groups is 1. The molecule has 4 heterocycles. The fourth-order valence-corrected chi connectivity index (χ4v) is 4.60. The van der Waals surface area contributed by atoms with E-state index in [4.69, 9.17) is 12.2 Å². The zero-order chi connectivity index (χ0) is 21.1. The number of aromatic nitrogens is 3. The normalized spacial score (nSPS) is 18.6. The van der Waals surface area contributed by atoms with E-state index in [1.54, 1.807) is 6.20 Å². The average Bonchev–Trinajstić information content (AvgIpc) is 3.24. The summed E-state index contributed by atoms with van der Waals surface area (Å²) in [6.45, 7) is 5.92. The Morgan fingerprint density at radius 1 is 1.17 bits per heavy atom. The van der Waals surface area contributed by atoms with E-state index in [9.17, 15) is 5.11 Å². The lowest BCUT2D eigenvalue weighted by atomic mass is 9.96. The van der Waals surface area contributed by atoms with Crippen LogP contribution in [0.15, 0.2) is 55.0 Å². The Morgan fingerprint density at radius 2 is 2.03 bits per heavy atom. The van der Waals surface area contributed by atoms with Crippen LogP contribution in [0.25, 0.3) is 0 Å². The van der Waals surface area contributed by atoms with E-state index in [0.717, 1.165) is 12.2 Å². The number of pyridine rings is 2. The van der Waals surface area contributed by atoms with E-state index in [-0.39, 0.29) is 18.7 Å². The SMILES string of the molecule is Cc1cc([C@@H]2[C@H](c3ccccn3)NC(=S)N2CCCO)c(C)n1Cc1cccnc1. The fraction of sp³-hybridized carbons (Fsp3) is 0.348. The first-order valence-electron chi connectivity index (χ1n) is 10.2. The van der Waals surface area contributed by atoms with Gasteiger partial charge in [-0.15, -0.1) is 0 Å². The molecule has 0 unspecified atom stereocenters. The summed E-state index contributed by atoms with van der Waals surface area (Å²) in [5, 5.41) is 13.6. The van der Waals surface area contributed by atoms with Crippen molar-refractivity contribution in [3.05, 3.63) is 83.2 Å². The van der Waals surface area contributed by atoms with Gasteiger partial charge in [0.05, 0.1) is 17.8 Å². The van der Waals surface area contributed by atoms with Crippen molar-refractivity contribution in [1.82, 2.24) is 24.8 Å². The molecule has 0 radical (unpaired) electrons. The van der Waals surface area contributed by atoms with Crippen LogP contribution < -0.4 is 5.32 Å². The highest BCUT2D eigenvalue weighted by molar-refractivity contribution is 7.80. The van der Waals surface area contributed by atoms with E-state index >= 15 is 0 Å². The molecule has 6 nitrogen and oxygen atoms in total. The molecule has 30 heavy (non-hydrogen) atoms. The summed E-state index contributed by atoms with van der Waals surface area (Å²) in [6, 6.07) is 12.3. The molecule has 1 aliphatic heterocycles. The quantitative estimate of drug-likeness (QED) is 0.571. The van der Waals surface area contributed by atoms with Gasteiger partial charge in [0.2, 0.25) is 0 Å². The Hall–Kier alpha value is -2.77. The molecule has 0 amide bonds. The summed E-state index contributed by atoms with van der Waals surface area (Å²) in [4.78, 5) is 11.0. The Kier molecular flexibility index (Phi) is 6.11. The minimum Gasteiger partial charge on any atom is -0.396 e. The molecule has 1 fully saturated rings. The molecule has 0 bridgehead atoms. The zero-order valence-electron chi connectivity index (χ0n) is 17.3. The summed E-state index contributed by atoms with van der Waals surface area (Å²) < 4.78 is 2.33. The molecule has 3 aromatic heterocycles. The van der Waals surface area contributed by atoms with Crippen LogP contribution in [0.4, 0.5) is 0 Å². The predicted molar refractivity (Wildman–Crippen MR) is 121 cm³/mol. The molecule has 0 spiro atoms. The second-order valence-corrected chi connectivity index (χ2v) is 8.06. The molecule has 0 saturated carbocycles. The third-order valence-corrected chi connectivity index (χ3v) is 6.10. The number of nitrogens with one attached hydrogen (secondary N) is 1. The van der Waals surface area contributed by atoms with Gasteiger partial charge in [-0.3, -0.25) is 9.97 Å². The molecule has 0 aliphatic carbocycles. The number of hydrogen-bond donors (Lipinski definition) is 2. The molecule has 2 N–H and O–H groups in total. The number of aliphatic hydroxyl groups is 1. The van der Waals surface area contributed by atoms with E-state index in [1.807, 2.05) is 36.7 Å². The summed E-state index contributed by atoms with van der Waals surface area (Å²) in [6.07, 6.45) is 6.20. The number of aliphatic hydroxyl groups excluding tert-OH is 1. The van der Waals surface area contributed by atoms with E-state index in [1.165, 1.54) is 22.5 Å². The number of aryl methyl sites for hydroxylation is 1. The van der Waals surface area contributed by atoms with Crippen LogP contribution in [0.3, 0.4) is 0 Å². The van der Waals surface area contributed by atoms with E-state index < -0.39 is 0 Å². The molecular weight excluding hydrogens is 394 g/mol. The summed E-state index contributed by atoms with van der Waals surface area (Å²) in [5.74, 6) is 0. The number of rotatable bonds is 7. The van der Waals surface area contributed by atoms with Crippen molar-refractivity contribution in [2.75, 3.05) is 13.2 Å². The fourth-order valence-electron chi connectivity index (χ4n) is 4.27. The van der Waals surface area contributed by atoms with Crippen molar-refractivity contribution in [3.63, 3.8) is 0 Å². The monoisotopic (exact) mass is 421 g/mol. The summed E-state index contributed by atoms with van der Waals surface area (Å²) in [5.41, 5.74) is 5.78. The van der Waals surface area contributed by atoms with Gasteiger partial charge in [-0.1, -0.05) is 12.1 Å². The Labute approximate surface area is 182 Å². The lowest BCUT2D eigenvalue weighted by Gasteiger charge is -2.28. The minimum atomic E-state index is -0.0373. The van der Waals surface area contributed by atoms with Crippen LogP contribution in [0.2, 0.25) is 0 Å². The summed E-state index contributed by atoms with van der Waals surface area (Å²) in [7, 11) is 0. The van der Waals surface area contributed by atoms with Crippen LogP contribution in [-0.4, -0.2) is 42.8 Å². The maximum Gasteiger partial charge on any atom is 0.170 e. The van der Waals surface area contributed by atoms with Crippen molar-refractivity contribution >= 4 is 17.3 Å². The van der Waals surface area contributed by atoms with Crippen molar-refractivity contribution in [2.24, 2.45) is 0 Å². The van der Waals surface area contributed by atoms with Crippen molar-refractivity contribution in [2.45, 2.75) is 38.9 Å². The van der Waals surface area contributed by atoms with Crippen molar-refractivity contribution in [1.29, 1.82) is 0 Å². The molecule has 3 aromatic rings. The third kappa shape index (κ3) is 3.95. The molecule has 1 aliphatic rings. The first kappa shape index (κ1) is 20.5. The van der Waals surface area contributed by atoms with Gasteiger partial charge < -0.3 is 19.9 Å². The highest BCUT2D eigenvalue weighted by Gasteiger charge is 2.40. The maximum atomic E-state index is 9.41. The highest BCUT2D eigenvalue weighted by atomic mass is 32.1. The molecule has 7 heteroatoms. The number of hydrogen-bond acceptors (Lipinski definition) is 4. The molecule has 156 valence electrons. The first-order valence-corrected chi connectivity index (χ1v) is 10.7. The second-order valence-electron chi connectivity index (χ2n) is 7.67. The van der Waals surface area contributed by atoms with Gasteiger partial charge in [-0.05, 0) is 67.9 Å². The maximum absolute atomic E-state index is 9.41. The minimum absolute atomic E-state index is 0.0211. The molecule has 1 saturated heterocycles. The lowest BCUT2D eigenvalue weighted by molar-refractivity contribution is 0.247. The Morgan fingerprint density at radius 3 is 2.73 bits per heavy atom. The van der Waals surface area contributed by atoms with Gasteiger partial charge in [0.25, 0.3) is 0 Å². The molecule has 0 aromatic carbocycles. The lowest BCUT2D eigenvalue weighted by Crippen LogP contribution is -2.31. The molecule has 2 atom stereocenters. The zero-order valence-corrected chi connectivity index (χ0v) is 18.1. The van der Waals surface area contributed by atoms with Crippen molar-refractivity contribution in [3.8, 4) is 0 Å². The second kappa shape index (κ2) is 8.93. The highest BCUT2D eigenvalue weighted by Crippen LogP contribution is 2.40. The van der Waals surface area contributed by atoms with Crippen LogP contribution in [-0.2, 0) is 6.54 Å². The third-order valence-electron chi connectivity index (χ3n) is 5.75. The Balaban J connectivity index is 1.74. The summed E-state index contributed by atoms with van der Waals surface area (Å²) >= 11 is 5.69. The van der Waals surface area contributed by atoms with E-state index in [0.29, 0.717) is 18.1 Å². The number of nitrogens with zero attached hydrogens (tertiary/aromatic N) is 4. The van der Waals surface area contributed by atoms with Gasteiger partial charge in [0.15, 0.2) is 5.11 Å². The van der Waals surface area contributed by atoms with Crippen LogP contribution >= 0.6 is 12.2 Å². The molecule has 4 rings (SSSR count). The predicted octanol–water partition coefficient (Wildman–Crippen LogP) is 3.30. The average molecular weight is 422 g/mol. The topological polar surface area (TPSA) is 66.2 Å². The van der Waals surface area contributed by atoms with Crippen molar-refractivity contribution < 1.29 is 5.11 Å². The van der Waals surface area contributed by atoms with Gasteiger partial charge in [0, 0.05) is 49.7 Å². The first-order chi connectivity index (χ1) is 14.6. The molecular formula is C23H27N5OS. The van der Waals surface area contributed by atoms with Gasteiger partial charge in [-0.2, -0.15) is 0 Å². The van der Waals surface area contributed by atoms with Crippen LogP contribution in [0.5, 0.6) is 0 Å². The Bertz CT molecular complexity index is 1010. The standard InChI is InChI=1S/C23H27N5OS/c1-16-13-19(17(2)28(16)15-18-7-5-9-24-14-18)22-21(20-8-3-4-10-25-20)26-23(30)27(22)11-6-12-29/h3-5,7-10,13-14,21-22,29H,6,11-12,15H2,1-2H3,(H,26,30)/t21-,22+/m0/s1. The van der Waals surface area contributed by atoms with Gasteiger partial charge >= 0.3 is 0 Å². The van der Waals surface area contributed by atoms with Crippen LogP contribution in [0.1, 0.15) is 46.7 Å². The van der Waals surface area contributed by atoms with Gasteiger partial charge in [-0.25, -0.2) is 0 Å². The van der Waals surface area contributed by atoms with E-state index in [2.05, 4.69) is 50.7 Å². The largest absolute Gasteiger partial charge is 0.396 e. The van der Waals surface area contributed by atoms with Crippen LogP contribution in [0, 0.1) is 13.8 Å².